The average Bonchev–Trinajstić information content (AvgIpc) is 3.01. The number of hydrogen-bond donors (Lipinski definition) is 2. The summed E-state index contributed by atoms with van der Waals surface area (Å²) >= 11 is 0. The largest absolute Gasteiger partial charge is 0.339 e. The number of anilines is 1. The molecule has 3 aromatic rings. The molecule has 1 atom stereocenters. The maximum absolute atomic E-state index is 13.4. The van der Waals surface area contributed by atoms with Gasteiger partial charge in [-0.3, -0.25) is 15.2 Å². The van der Waals surface area contributed by atoms with Gasteiger partial charge in [0.1, 0.15) is 17.8 Å². The predicted octanol–water partition coefficient (Wildman–Crippen LogP) is 2.59. The maximum atomic E-state index is 13.4. The first kappa shape index (κ1) is 13.0. The Kier molecular flexibility index (Phi) is 2.75. The van der Waals surface area contributed by atoms with Crippen molar-refractivity contribution in [2.24, 2.45) is 0 Å². The fourth-order valence-corrected chi connectivity index (χ4v) is 2.90. The van der Waals surface area contributed by atoms with Crippen molar-refractivity contribution in [3.8, 4) is 0 Å². The Bertz CT molecular complexity index is 890. The highest BCUT2D eigenvalue weighted by atomic mass is 19.1. The molecule has 1 saturated heterocycles. The number of hydrazine groups is 1. The zero-order chi connectivity index (χ0) is 15.3. The summed E-state index contributed by atoms with van der Waals surface area (Å²) < 4.78 is 13.4. The fraction of sp³-hybridized carbons (Fsp3) is 0.267. The van der Waals surface area contributed by atoms with E-state index in [9.17, 15) is 9.18 Å². The number of nitrogens with one attached hydrogen (secondary N) is 2. The number of rotatable bonds is 2. The van der Waals surface area contributed by atoms with Crippen LogP contribution in [0.4, 0.5) is 10.2 Å². The van der Waals surface area contributed by atoms with Gasteiger partial charge in [0, 0.05) is 11.8 Å². The van der Waals surface area contributed by atoms with Crippen LogP contribution in [0.3, 0.4) is 0 Å². The van der Waals surface area contributed by atoms with Crippen LogP contribution in [-0.4, -0.2) is 31.9 Å². The van der Waals surface area contributed by atoms with E-state index < -0.39 is 0 Å². The van der Waals surface area contributed by atoms with Crippen molar-refractivity contribution in [2.45, 2.75) is 25.8 Å². The Labute approximate surface area is 125 Å². The summed E-state index contributed by atoms with van der Waals surface area (Å²) in [5.74, 6) is 0.278. The monoisotopic (exact) mass is 299 g/mol. The van der Waals surface area contributed by atoms with Crippen LogP contribution < -0.4 is 5.43 Å². The minimum atomic E-state index is -0.315. The van der Waals surface area contributed by atoms with E-state index in [1.165, 1.54) is 18.5 Å². The highest BCUT2D eigenvalue weighted by Gasteiger charge is 2.28. The normalized spacial score (nSPS) is 18.5. The van der Waals surface area contributed by atoms with Crippen molar-refractivity contribution < 1.29 is 9.18 Å². The van der Waals surface area contributed by atoms with Gasteiger partial charge in [0.2, 0.25) is 5.91 Å². The van der Waals surface area contributed by atoms with E-state index in [0.717, 1.165) is 17.2 Å². The van der Waals surface area contributed by atoms with Gasteiger partial charge in [-0.05, 0) is 31.5 Å². The third-order valence-corrected chi connectivity index (χ3v) is 4.06. The van der Waals surface area contributed by atoms with Gasteiger partial charge < -0.3 is 4.98 Å². The summed E-state index contributed by atoms with van der Waals surface area (Å²) in [5.41, 5.74) is 4.36. The number of benzene rings is 1. The minimum Gasteiger partial charge on any atom is -0.339 e. The minimum absolute atomic E-state index is 0.0464. The number of nitrogens with zero attached hydrogens (tertiary/aromatic N) is 3. The first-order chi connectivity index (χ1) is 10.6. The van der Waals surface area contributed by atoms with E-state index in [-0.39, 0.29) is 17.8 Å². The lowest BCUT2D eigenvalue weighted by Crippen LogP contribution is -2.36. The first-order valence-corrected chi connectivity index (χ1v) is 7.14. The standard InChI is InChI=1S/C15H14FN5O/c1-8-2-5-12(22)21(8)20-15-13-10-4-3-9(16)6-11(10)19-14(13)17-7-18-15/h3-4,6-8H,2,5H2,1H3,(H2,17,18,19,20). The van der Waals surface area contributed by atoms with Gasteiger partial charge in [0.05, 0.1) is 16.9 Å². The van der Waals surface area contributed by atoms with E-state index in [2.05, 4.69) is 20.4 Å². The smallest absolute Gasteiger partial charge is 0.241 e. The number of halogens is 1. The molecule has 7 heteroatoms. The van der Waals surface area contributed by atoms with Crippen LogP contribution >= 0.6 is 0 Å². The third-order valence-electron chi connectivity index (χ3n) is 4.06. The quantitative estimate of drug-likeness (QED) is 0.763. The fourth-order valence-electron chi connectivity index (χ4n) is 2.90. The maximum Gasteiger partial charge on any atom is 0.241 e. The van der Waals surface area contributed by atoms with Gasteiger partial charge in [-0.25, -0.2) is 14.4 Å². The van der Waals surface area contributed by atoms with Gasteiger partial charge in [-0.2, -0.15) is 0 Å². The Morgan fingerprint density at radius 3 is 3.05 bits per heavy atom. The molecule has 3 heterocycles. The SMILES string of the molecule is CC1CCC(=O)N1Nc1ncnc2[nH]c3cc(F)ccc3c12. The lowest BCUT2D eigenvalue weighted by Gasteiger charge is -2.23. The zero-order valence-electron chi connectivity index (χ0n) is 11.9. The molecule has 4 rings (SSSR count). The van der Waals surface area contributed by atoms with Crippen LogP contribution in [0.15, 0.2) is 24.5 Å². The number of carbonyl (C=O) groups is 1. The molecule has 1 fully saturated rings. The molecule has 22 heavy (non-hydrogen) atoms. The van der Waals surface area contributed by atoms with Crippen molar-refractivity contribution >= 4 is 33.7 Å². The zero-order valence-corrected chi connectivity index (χ0v) is 11.9. The third kappa shape index (κ3) is 1.89. The van der Waals surface area contributed by atoms with Crippen molar-refractivity contribution in [1.82, 2.24) is 20.0 Å². The van der Waals surface area contributed by atoms with Crippen LogP contribution in [0.25, 0.3) is 21.9 Å². The highest BCUT2D eigenvalue weighted by Crippen LogP contribution is 2.30. The summed E-state index contributed by atoms with van der Waals surface area (Å²) in [7, 11) is 0. The second-order valence-electron chi connectivity index (χ2n) is 5.52. The number of aromatic nitrogens is 3. The molecule has 0 radical (unpaired) electrons. The molecule has 0 spiro atoms. The number of carbonyl (C=O) groups excluding carboxylic acids is 1. The Morgan fingerprint density at radius 2 is 2.27 bits per heavy atom. The Morgan fingerprint density at radius 1 is 1.41 bits per heavy atom. The van der Waals surface area contributed by atoms with Gasteiger partial charge >= 0.3 is 0 Å². The number of hydrogen-bond acceptors (Lipinski definition) is 4. The number of fused-ring (bicyclic) bond motifs is 3. The number of aromatic amines is 1. The molecule has 0 aliphatic carbocycles. The lowest BCUT2D eigenvalue weighted by atomic mass is 10.2. The van der Waals surface area contributed by atoms with Crippen molar-refractivity contribution in [1.29, 1.82) is 0 Å². The molecule has 6 nitrogen and oxygen atoms in total. The molecule has 1 amide bonds. The summed E-state index contributed by atoms with van der Waals surface area (Å²) in [6.45, 7) is 1.99. The summed E-state index contributed by atoms with van der Waals surface area (Å²) in [4.78, 5) is 23.4. The molecule has 1 aliphatic rings. The van der Waals surface area contributed by atoms with E-state index in [4.69, 9.17) is 0 Å². The average molecular weight is 299 g/mol. The molecular formula is C15H14FN5O. The van der Waals surface area contributed by atoms with Crippen molar-refractivity contribution in [3.63, 3.8) is 0 Å². The summed E-state index contributed by atoms with van der Waals surface area (Å²) in [6, 6.07) is 4.62. The molecule has 1 aromatic carbocycles. The molecule has 0 bridgehead atoms. The molecule has 1 unspecified atom stereocenters. The second kappa shape index (κ2) is 4.66. The van der Waals surface area contributed by atoms with E-state index >= 15 is 0 Å². The Hall–Kier alpha value is -2.70. The van der Waals surface area contributed by atoms with Crippen molar-refractivity contribution in [3.05, 3.63) is 30.3 Å². The lowest BCUT2D eigenvalue weighted by molar-refractivity contribution is -0.127. The molecule has 2 N–H and O–H groups in total. The molecular weight excluding hydrogens is 285 g/mol. The molecule has 0 saturated carbocycles. The van der Waals surface area contributed by atoms with Crippen LogP contribution in [0, 0.1) is 5.82 Å². The van der Waals surface area contributed by atoms with E-state index in [1.54, 1.807) is 11.1 Å². The molecule has 2 aromatic heterocycles. The topological polar surface area (TPSA) is 73.9 Å². The van der Waals surface area contributed by atoms with Gasteiger partial charge in [-0.15, -0.1) is 0 Å². The second-order valence-corrected chi connectivity index (χ2v) is 5.52. The molecule has 112 valence electrons. The van der Waals surface area contributed by atoms with Crippen LogP contribution in [-0.2, 0) is 4.79 Å². The Balaban J connectivity index is 1.87. The predicted molar refractivity (Wildman–Crippen MR) is 80.5 cm³/mol. The van der Waals surface area contributed by atoms with E-state index in [0.29, 0.717) is 23.4 Å². The van der Waals surface area contributed by atoms with Crippen LogP contribution in [0.1, 0.15) is 19.8 Å². The summed E-state index contributed by atoms with van der Waals surface area (Å²) in [5, 5.41) is 3.17. The van der Waals surface area contributed by atoms with Crippen LogP contribution in [0.2, 0.25) is 0 Å². The van der Waals surface area contributed by atoms with Gasteiger partial charge in [-0.1, -0.05) is 0 Å². The first-order valence-electron chi connectivity index (χ1n) is 7.14. The highest BCUT2D eigenvalue weighted by molar-refractivity contribution is 6.11. The van der Waals surface area contributed by atoms with Crippen molar-refractivity contribution in [2.75, 3.05) is 5.43 Å². The van der Waals surface area contributed by atoms with Crippen LogP contribution in [0.5, 0.6) is 0 Å². The number of H-pyrrole nitrogens is 1. The molecule has 1 aliphatic heterocycles. The number of amides is 1. The van der Waals surface area contributed by atoms with E-state index in [1.807, 2.05) is 6.92 Å². The van der Waals surface area contributed by atoms with Gasteiger partial charge in [0.15, 0.2) is 5.82 Å². The summed E-state index contributed by atoms with van der Waals surface area (Å²) in [6.07, 6.45) is 2.77. The van der Waals surface area contributed by atoms with Gasteiger partial charge in [0.25, 0.3) is 0 Å².